The number of likely N-dealkylation sites (tertiary alicyclic amines) is 1. The number of rotatable bonds is 7. The number of carbonyl (C=O) groups is 1. The topological polar surface area (TPSA) is 103 Å². The number of carbonyl (C=O) groups excluding carboxylic acids is 1. The number of aromatic amines is 1. The smallest absolute Gasteiger partial charge is 0.245 e. The van der Waals surface area contributed by atoms with E-state index >= 15 is 0 Å². The maximum absolute atomic E-state index is 12.0. The molecule has 0 spiro atoms. The van der Waals surface area contributed by atoms with E-state index in [4.69, 9.17) is 11.6 Å². The normalized spacial score (nSPS) is 14.1. The van der Waals surface area contributed by atoms with Gasteiger partial charge in [-0.15, -0.1) is 0 Å². The van der Waals surface area contributed by atoms with Gasteiger partial charge in [0.2, 0.25) is 5.91 Å². The average molecular weight is 503 g/mol. The molecular formula is C26H27ClN8O. The van der Waals surface area contributed by atoms with Crippen LogP contribution in [0.5, 0.6) is 0 Å². The van der Waals surface area contributed by atoms with Gasteiger partial charge in [0.1, 0.15) is 23.6 Å². The number of hydrogen-bond acceptors (Lipinski definition) is 7. The van der Waals surface area contributed by atoms with Crippen molar-refractivity contribution in [3.63, 3.8) is 0 Å². The van der Waals surface area contributed by atoms with E-state index in [2.05, 4.69) is 36.8 Å². The Hall–Kier alpha value is -3.98. The number of piperidine rings is 1. The third-order valence-corrected chi connectivity index (χ3v) is 6.94. The number of aromatic nitrogens is 5. The maximum atomic E-state index is 12.0. The minimum atomic E-state index is -0.0127. The van der Waals surface area contributed by atoms with Crippen LogP contribution in [0.2, 0.25) is 5.02 Å². The predicted molar refractivity (Wildman–Crippen MR) is 142 cm³/mol. The molecule has 1 amide bonds. The quantitative estimate of drug-likeness (QED) is 0.354. The number of H-pyrrole nitrogens is 1. The Labute approximate surface area is 214 Å². The Kier molecular flexibility index (Phi) is 6.81. The fraction of sp³-hybridized carbons (Fsp3) is 0.269. The fourth-order valence-electron chi connectivity index (χ4n) is 4.66. The number of anilines is 3. The van der Waals surface area contributed by atoms with Gasteiger partial charge in [0, 0.05) is 56.0 Å². The predicted octanol–water partition coefficient (Wildman–Crippen LogP) is 4.67. The highest BCUT2D eigenvalue weighted by Crippen LogP contribution is 2.36. The van der Waals surface area contributed by atoms with Gasteiger partial charge in [-0.1, -0.05) is 24.2 Å². The molecule has 10 heteroatoms. The van der Waals surface area contributed by atoms with Crippen LogP contribution in [-0.2, 0) is 11.3 Å². The van der Waals surface area contributed by atoms with Crippen molar-refractivity contribution in [2.75, 3.05) is 30.4 Å². The van der Waals surface area contributed by atoms with E-state index in [0.29, 0.717) is 30.6 Å². The van der Waals surface area contributed by atoms with Gasteiger partial charge in [-0.25, -0.2) is 15.0 Å². The minimum absolute atomic E-state index is 0.0127. The van der Waals surface area contributed by atoms with Gasteiger partial charge < -0.3 is 20.1 Å². The van der Waals surface area contributed by atoms with Gasteiger partial charge in [-0.3, -0.25) is 9.78 Å². The Morgan fingerprint density at radius 1 is 1.28 bits per heavy atom. The number of hydrogen-bond donors (Lipinski definition) is 2. The maximum Gasteiger partial charge on any atom is 0.245 e. The second kappa shape index (κ2) is 10.3. The lowest BCUT2D eigenvalue weighted by atomic mass is 9.89. The van der Waals surface area contributed by atoms with Crippen LogP contribution in [-0.4, -0.2) is 55.9 Å². The van der Waals surface area contributed by atoms with Crippen LogP contribution < -0.4 is 10.2 Å². The minimum Gasteiger partial charge on any atom is -0.354 e. The SMILES string of the molecule is C=CC(=O)N1CCC(c2c[nH]c3ncnc(Nc4ccc(CN(C)c5cnccn5)c(Cl)c4)c23)CC1. The molecule has 0 aliphatic carbocycles. The van der Waals surface area contributed by atoms with Crippen LogP contribution >= 0.6 is 11.6 Å². The second-order valence-corrected chi connectivity index (χ2v) is 9.25. The number of nitrogens with one attached hydrogen (secondary N) is 2. The number of halogens is 1. The second-order valence-electron chi connectivity index (χ2n) is 8.84. The molecule has 0 saturated carbocycles. The summed E-state index contributed by atoms with van der Waals surface area (Å²) in [7, 11) is 1.95. The Balaban J connectivity index is 1.35. The molecule has 4 heterocycles. The Morgan fingerprint density at radius 2 is 2.11 bits per heavy atom. The summed E-state index contributed by atoms with van der Waals surface area (Å²) in [5.74, 6) is 1.79. The van der Waals surface area contributed by atoms with Gasteiger partial charge in [-0.2, -0.15) is 0 Å². The molecule has 1 fully saturated rings. The number of amides is 1. The zero-order chi connectivity index (χ0) is 25.1. The molecule has 2 N–H and O–H groups in total. The summed E-state index contributed by atoms with van der Waals surface area (Å²) in [4.78, 5) is 36.5. The molecule has 1 saturated heterocycles. The van der Waals surface area contributed by atoms with Crippen LogP contribution in [0.25, 0.3) is 11.0 Å². The van der Waals surface area contributed by atoms with Crippen LogP contribution in [0.1, 0.15) is 29.9 Å². The molecule has 1 aliphatic heterocycles. The van der Waals surface area contributed by atoms with Crippen molar-refractivity contribution in [2.45, 2.75) is 25.3 Å². The molecule has 184 valence electrons. The Bertz CT molecular complexity index is 1380. The van der Waals surface area contributed by atoms with E-state index in [1.54, 1.807) is 24.9 Å². The first kappa shape index (κ1) is 23.7. The number of fused-ring (bicyclic) bond motifs is 1. The third kappa shape index (κ3) is 4.87. The van der Waals surface area contributed by atoms with Crippen LogP contribution in [0.3, 0.4) is 0 Å². The largest absolute Gasteiger partial charge is 0.354 e. The lowest BCUT2D eigenvalue weighted by Gasteiger charge is -2.31. The van der Waals surface area contributed by atoms with Crippen molar-refractivity contribution in [2.24, 2.45) is 0 Å². The van der Waals surface area contributed by atoms with Gasteiger partial charge in [0.25, 0.3) is 0 Å². The summed E-state index contributed by atoms with van der Waals surface area (Å²) < 4.78 is 0. The molecule has 0 unspecified atom stereocenters. The zero-order valence-corrected chi connectivity index (χ0v) is 20.7. The number of nitrogens with zero attached hydrogens (tertiary/aromatic N) is 6. The highest BCUT2D eigenvalue weighted by molar-refractivity contribution is 6.31. The summed E-state index contributed by atoms with van der Waals surface area (Å²) in [6.07, 6.45) is 11.7. The van der Waals surface area contributed by atoms with Gasteiger partial charge >= 0.3 is 0 Å². The van der Waals surface area contributed by atoms with Crippen LogP contribution in [0.15, 0.2) is 62.0 Å². The van der Waals surface area contributed by atoms with E-state index < -0.39 is 0 Å². The lowest BCUT2D eigenvalue weighted by Crippen LogP contribution is -2.36. The number of benzene rings is 1. The zero-order valence-electron chi connectivity index (χ0n) is 20.0. The van der Waals surface area contributed by atoms with E-state index in [9.17, 15) is 4.79 Å². The Morgan fingerprint density at radius 3 is 2.83 bits per heavy atom. The van der Waals surface area contributed by atoms with E-state index in [-0.39, 0.29) is 5.91 Å². The first-order valence-corrected chi connectivity index (χ1v) is 12.2. The van der Waals surface area contributed by atoms with Crippen molar-refractivity contribution in [1.82, 2.24) is 29.8 Å². The molecule has 9 nitrogen and oxygen atoms in total. The third-order valence-electron chi connectivity index (χ3n) is 6.59. The van der Waals surface area contributed by atoms with Crippen molar-refractivity contribution < 1.29 is 4.79 Å². The monoisotopic (exact) mass is 502 g/mol. The van der Waals surface area contributed by atoms with Gasteiger partial charge in [-0.05, 0) is 48.1 Å². The molecule has 5 rings (SSSR count). The molecule has 0 atom stereocenters. The standard InChI is InChI=1S/C26H27ClN8O/c1-3-23(36)35-10-6-17(7-11-35)20-13-30-25-24(20)26(32-16-31-25)33-19-5-4-18(21(27)12-19)15-34(2)22-14-28-8-9-29-22/h3-5,8-9,12-14,16-17H,1,6-7,10-11,15H2,2H3,(H2,30,31,32,33). The summed E-state index contributed by atoms with van der Waals surface area (Å²) in [5, 5.41) is 5.05. The summed E-state index contributed by atoms with van der Waals surface area (Å²) in [6, 6.07) is 5.90. The highest BCUT2D eigenvalue weighted by Gasteiger charge is 2.26. The first-order valence-electron chi connectivity index (χ1n) is 11.8. The van der Waals surface area contributed by atoms with Crippen molar-refractivity contribution in [1.29, 1.82) is 0 Å². The highest BCUT2D eigenvalue weighted by atomic mass is 35.5. The van der Waals surface area contributed by atoms with Crippen molar-refractivity contribution >= 4 is 45.9 Å². The van der Waals surface area contributed by atoms with E-state index in [0.717, 1.165) is 52.3 Å². The molecule has 1 aromatic carbocycles. The molecule has 3 aromatic heterocycles. The van der Waals surface area contributed by atoms with Gasteiger partial charge in [0.15, 0.2) is 0 Å². The molecule has 1 aliphatic rings. The van der Waals surface area contributed by atoms with E-state index in [1.807, 2.05) is 41.2 Å². The molecule has 0 bridgehead atoms. The molecular weight excluding hydrogens is 476 g/mol. The summed E-state index contributed by atoms with van der Waals surface area (Å²) in [6.45, 7) is 5.61. The van der Waals surface area contributed by atoms with Crippen molar-refractivity contribution in [3.8, 4) is 0 Å². The molecule has 0 radical (unpaired) electrons. The van der Waals surface area contributed by atoms with Gasteiger partial charge in [0.05, 0.1) is 11.6 Å². The first-order chi connectivity index (χ1) is 17.5. The fourth-order valence-corrected chi connectivity index (χ4v) is 4.90. The lowest BCUT2D eigenvalue weighted by molar-refractivity contribution is -0.127. The average Bonchev–Trinajstić information content (AvgIpc) is 3.35. The summed E-state index contributed by atoms with van der Waals surface area (Å²) >= 11 is 6.65. The molecule has 4 aromatic rings. The van der Waals surface area contributed by atoms with Crippen LogP contribution in [0, 0.1) is 0 Å². The van der Waals surface area contributed by atoms with Crippen molar-refractivity contribution in [3.05, 3.63) is 78.1 Å². The molecule has 36 heavy (non-hydrogen) atoms. The summed E-state index contributed by atoms with van der Waals surface area (Å²) in [5.41, 5.74) is 3.75. The van der Waals surface area contributed by atoms with Crippen LogP contribution in [0.4, 0.5) is 17.3 Å². The van der Waals surface area contributed by atoms with E-state index in [1.165, 1.54) is 6.08 Å².